The van der Waals surface area contributed by atoms with Crippen LogP contribution < -0.4 is 4.90 Å². The van der Waals surface area contributed by atoms with Gasteiger partial charge in [-0.1, -0.05) is 200 Å². The van der Waals surface area contributed by atoms with Gasteiger partial charge in [-0.2, -0.15) is 0 Å². The Morgan fingerprint density at radius 1 is 0.242 bits per heavy atom. The van der Waals surface area contributed by atoms with Crippen molar-refractivity contribution < 1.29 is 0 Å². The minimum absolute atomic E-state index is 1.08. The van der Waals surface area contributed by atoms with E-state index in [2.05, 4.69) is 276 Å². The molecular weight excluding hydrogens is 797 g/mol. The molecule has 0 unspecified atom stereocenters. The van der Waals surface area contributed by atoms with Crippen LogP contribution in [0.2, 0.25) is 0 Å². The second-order valence-corrected chi connectivity index (χ2v) is 16.9. The summed E-state index contributed by atoms with van der Waals surface area (Å²) in [6, 6.07) is 96.8. The second kappa shape index (κ2) is 16.8. The number of rotatable bonds is 9. The van der Waals surface area contributed by atoms with Gasteiger partial charge in [-0.3, -0.25) is 0 Å². The summed E-state index contributed by atoms with van der Waals surface area (Å²) >= 11 is 0. The summed E-state index contributed by atoms with van der Waals surface area (Å²) in [5.74, 6) is 0. The number of anilines is 3. The number of para-hydroxylation sites is 3. The van der Waals surface area contributed by atoms with Gasteiger partial charge >= 0.3 is 0 Å². The number of benzene rings is 11. The Hall–Kier alpha value is -8.72. The lowest BCUT2D eigenvalue weighted by molar-refractivity contribution is 1.18. The Morgan fingerprint density at radius 3 is 1.27 bits per heavy atom. The molecule has 2 heteroatoms. The molecule has 2 nitrogen and oxygen atoms in total. The molecule has 0 aliphatic heterocycles. The number of nitrogens with zero attached hydrogens (tertiary/aromatic N) is 2. The summed E-state index contributed by atoms with van der Waals surface area (Å²) in [5, 5.41) is 5.01. The number of hydrogen-bond acceptors (Lipinski definition) is 1. The van der Waals surface area contributed by atoms with Crippen LogP contribution in [0.4, 0.5) is 17.1 Å². The van der Waals surface area contributed by atoms with E-state index in [4.69, 9.17) is 0 Å². The molecule has 0 radical (unpaired) electrons. The molecule has 0 aliphatic rings. The van der Waals surface area contributed by atoms with Crippen molar-refractivity contribution in [2.45, 2.75) is 0 Å². The topological polar surface area (TPSA) is 8.17 Å². The smallest absolute Gasteiger partial charge is 0.0541 e. The van der Waals surface area contributed by atoms with Crippen LogP contribution in [0.5, 0.6) is 0 Å². The van der Waals surface area contributed by atoms with Crippen molar-refractivity contribution in [3.05, 3.63) is 267 Å². The Morgan fingerprint density at radius 2 is 0.652 bits per heavy atom. The van der Waals surface area contributed by atoms with Gasteiger partial charge in [0, 0.05) is 33.4 Å². The fourth-order valence-corrected chi connectivity index (χ4v) is 9.78. The molecule has 0 N–H and O–H groups in total. The SMILES string of the molecule is c1ccc(-c2ccccc2-c2ccc(N(c3ccc(-c4cccc(-c5ccc6ccccc6c5)c4)cc3)c3ccc(-c4ccccc4-n4c5ccccc5c5ccccc54)cc3)cc2)cc1. The normalized spacial score (nSPS) is 11.3. The van der Waals surface area contributed by atoms with Gasteiger partial charge in [0.25, 0.3) is 0 Å². The van der Waals surface area contributed by atoms with Gasteiger partial charge < -0.3 is 9.47 Å². The van der Waals surface area contributed by atoms with E-state index < -0.39 is 0 Å². The number of fused-ring (bicyclic) bond motifs is 4. The van der Waals surface area contributed by atoms with Gasteiger partial charge in [0.2, 0.25) is 0 Å². The first-order chi connectivity index (χ1) is 32.7. The monoisotopic (exact) mass is 840 g/mol. The molecule has 310 valence electrons. The molecule has 11 aromatic carbocycles. The third kappa shape index (κ3) is 7.12. The zero-order chi connectivity index (χ0) is 43.8. The molecule has 0 fully saturated rings. The summed E-state index contributed by atoms with van der Waals surface area (Å²) in [5.41, 5.74) is 18.7. The van der Waals surface area contributed by atoms with E-state index in [0.29, 0.717) is 0 Å². The van der Waals surface area contributed by atoms with E-state index in [-0.39, 0.29) is 0 Å². The Bertz CT molecular complexity index is 3620. The Kier molecular flexibility index (Phi) is 9.89. The van der Waals surface area contributed by atoms with Crippen molar-refractivity contribution in [2.24, 2.45) is 0 Å². The van der Waals surface area contributed by atoms with Crippen molar-refractivity contribution in [1.29, 1.82) is 0 Å². The lowest BCUT2D eigenvalue weighted by Crippen LogP contribution is -2.10. The predicted molar refractivity (Wildman–Crippen MR) is 280 cm³/mol. The molecular formula is C64H44N2. The summed E-state index contributed by atoms with van der Waals surface area (Å²) < 4.78 is 2.41. The molecule has 1 heterocycles. The van der Waals surface area contributed by atoms with Crippen LogP contribution in [0.1, 0.15) is 0 Å². The molecule has 12 aromatic rings. The first-order valence-electron chi connectivity index (χ1n) is 22.7. The van der Waals surface area contributed by atoms with Crippen LogP contribution in [0.15, 0.2) is 267 Å². The highest BCUT2D eigenvalue weighted by molar-refractivity contribution is 6.09. The average molecular weight is 841 g/mol. The Balaban J connectivity index is 0.927. The first kappa shape index (κ1) is 38.9. The van der Waals surface area contributed by atoms with Crippen LogP contribution in [0.25, 0.3) is 93.9 Å². The van der Waals surface area contributed by atoms with E-state index in [1.54, 1.807) is 0 Å². The Labute approximate surface area is 385 Å². The largest absolute Gasteiger partial charge is 0.311 e. The van der Waals surface area contributed by atoms with Crippen molar-refractivity contribution in [3.63, 3.8) is 0 Å². The van der Waals surface area contributed by atoms with Gasteiger partial charge in [-0.05, 0) is 128 Å². The molecule has 0 aliphatic carbocycles. The fraction of sp³-hybridized carbons (Fsp3) is 0. The molecule has 12 rings (SSSR count). The average Bonchev–Trinajstić information content (AvgIpc) is 3.74. The van der Waals surface area contributed by atoms with E-state index in [1.165, 1.54) is 82.6 Å². The molecule has 1 aromatic heterocycles. The summed E-state index contributed by atoms with van der Waals surface area (Å²) in [7, 11) is 0. The lowest BCUT2D eigenvalue weighted by atomic mass is 9.94. The molecule has 0 saturated carbocycles. The highest BCUT2D eigenvalue weighted by Gasteiger charge is 2.18. The van der Waals surface area contributed by atoms with E-state index in [9.17, 15) is 0 Å². The van der Waals surface area contributed by atoms with Crippen LogP contribution in [-0.4, -0.2) is 4.57 Å². The van der Waals surface area contributed by atoms with Gasteiger partial charge in [0.05, 0.1) is 16.7 Å². The highest BCUT2D eigenvalue weighted by atomic mass is 15.1. The number of aromatic nitrogens is 1. The minimum Gasteiger partial charge on any atom is -0.311 e. The third-order valence-electron chi connectivity index (χ3n) is 13.0. The first-order valence-corrected chi connectivity index (χ1v) is 22.7. The quantitative estimate of drug-likeness (QED) is 0.141. The lowest BCUT2D eigenvalue weighted by Gasteiger charge is -2.26. The van der Waals surface area contributed by atoms with Crippen LogP contribution >= 0.6 is 0 Å². The van der Waals surface area contributed by atoms with E-state index >= 15 is 0 Å². The van der Waals surface area contributed by atoms with Crippen LogP contribution in [0, 0.1) is 0 Å². The molecule has 66 heavy (non-hydrogen) atoms. The molecule has 0 amide bonds. The summed E-state index contributed by atoms with van der Waals surface area (Å²) in [6.45, 7) is 0. The van der Waals surface area contributed by atoms with Gasteiger partial charge in [-0.25, -0.2) is 0 Å². The highest BCUT2D eigenvalue weighted by Crippen LogP contribution is 2.41. The standard InChI is InChI=1S/C64H44N2/c1-2-16-47(17-3-1)57-21-6-7-22-58(57)48-33-39-55(40-34-48)65(54-37-31-46(32-38-54)51-19-14-20-52(43-51)53-30-29-45-15-4-5-18-50(45)44-53)56-41-35-49(36-42-56)59-23-8-11-26-62(59)66-63-27-12-9-24-60(63)61-25-10-13-28-64(61)66/h1-44H. The van der Waals surface area contributed by atoms with Crippen molar-refractivity contribution in [2.75, 3.05) is 4.90 Å². The maximum absolute atomic E-state index is 2.41. The van der Waals surface area contributed by atoms with Crippen LogP contribution in [0.3, 0.4) is 0 Å². The van der Waals surface area contributed by atoms with Gasteiger partial charge in [0.15, 0.2) is 0 Å². The van der Waals surface area contributed by atoms with Gasteiger partial charge in [0.1, 0.15) is 0 Å². The van der Waals surface area contributed by atoms with Crippen molar-refractivity contribution >= 4 is 49.6 Å². The zero-order valence-corrected chi connectivity index (χ0v) is 36.3. The second-order valence-electron chi connectivity index (χ2n) is 16.9. The molecule has 0 spiro atoms. The van der Waals surface area contributed by atoms with Crippen molar-refractivity contribution in [3.8, 4) is 61.3 Å². The summed E-state index contributed by atoms with van der Waals surface area (Å²) in [4.78, 5) is 2.37. The van der Waals surface area contributed by atoms with E-state index in [0.717, 1.165) is 28.3 Å². The predicted octanol–water partition coefficient (Wildman–Crippen LogP) is 17.7. The molecule has 0 bridgehead atoms. The maximum Gasteiger partial charge on any atom is 0.0541 e. The summed E-state index contributed by atoms with van der Waals surface area (Å²) in [6.07, 6.45) is 0. The maximum atomic E-state index is 2.41. The van der Waals surface area contributed by atoms with Crippen LogP contribution in [-0.2, 0) is 0 Å². The number of hydrogen-bond donors (Lipinski definition) is 0. The minimum atomic E-state index is 1.08. The molecule has 0 atom stereocenters. The van der Waals surface area contributed by atoms with Gasteiger partial charge in [-0.15, -0.1) is 0 Å². The molecule has 0 saturated heterocycles. The van der Waals surface area contributed by atoms with Crippen molar-refractivity contribution in [1.82, 2.24) is 4.57 Å². The third-order valence-corrected chi connectivity index (χ3v) is 13.0. The fourth-order valence-electron chi connectivity index (χ4n) is 9.78. The zero-order valence-electron chi connectivity index (χ0n) is 36.3. The van der Waals surface area contributed by atoms with E-state index in [1.807, 2.05) is 0 Å².